The van der Waals surface area contributed by atoms with E-state index in [9.17, 15) is 18.4 Å². The van der Waals surface area contributed by atoms with Crippen molar-refractivity contribution in [1.29, 1.82) is 0 Å². The van der Waals surface area contributed by atoms with Gasteiger partial charge in [-0.1, -0.05) is 22.6 Å². The number of anilines is 2. The van der Waals surface area contributed by atoms with Crippen LogP contribution in [0.2, 0.25) is 0 Å². The van der Waals surface area contributed by atoms with Crippen LogP contribution in [0.1, 0.15) is 42.2 Å². The first-order valence-electron chi connectivity index (χ1n) is 12.6. The number of carbonyl (C=O) groups excluding carboxylic acids is 1. The third-order valence-corrected chi connectivity index (χ3v) is 7.67. The van der Waals surface area contributed by atoms with Crippen LogP contribution in [0.3, 0.4) is 0 Å². The summed E-state index contributed by atoms with van der Waals surface area (Å²) in [6, 6.07) is 7.56. The van der Waals surface area contributed by atoms with Crippen molar-refractivity contribution in [1.82, 2.24) is 4.90 Å². The van der Waals surface area contributed by atoms with Crippen LogP contribution in [0.15, 0.2) is 45.6 Å². The first-order chi connectivity index (χ1) is 18.1. The van der Waals surface area contributed by atoms with Crippen LogP contribution in [0.4, 0.5) is 20.4 Å². The van der Waals surface area contributed by atoms with Crippen molar-refractivity contribution < 1.29 is 22.7 Å². The molecule has 0 radical (unpaired) electrons. The number of hydrogen-bond acceptors (Lipinski definition) is 6. The number of amides is 1. The lowest BCUT2D eigenvalue weighted by Gasteiger charge is -2.32. The molecular formula is C28H32F2IN3O4. The van der Waals surface area contributed by atoms with Gasteiger partial charge in [0, 0.05) is 67.1 Å². The third-order valence-electron chi connectivity index (χ3n) is 6.90. The van der Waals surface area contributed by atoms with Gasteiger partial charge in [-0.15, -0.1) is 0 Å². The fourth-order valence-corrected chi connectivity index (χ4v) is 5.02. The molecule has 0 bridgehead atoms. The van der Waals surface area contributed by atoms with E-state index < -0.39 is 17.7 Å². The molecule has 38 heavy (non-hydrogen) atoms. The van der Waals surface area contributed by atoms with Crippen LogP contribution in [0, 0.1) is 11.6 Å². The summed E-state index contributed by atoms with van der Waals surface area (Å²) in [6.45, 7) is 6.03. The predicted octanol–water partition coefficient (Wildman–Crippen LogP) is 5.39. The summed E-state index contributed by atoms with van der Waals surface area (Å²) >= 11 is 2.27. The third kappa shape index (κ3) is 6.12. The van der Waals surface area contributed by atoms with Crippen molar-refractivity contribution in [3.05, 3.63) is 69.4 Å². The molecule has 0 aliphatic carbocycles. The number of halogens is 3. The fourth-order valence-electron chi connectivity index (χ4n) is 4.67. The van der Waals surface area contributed by atoms with E-state index in [-0.39, 0.29) is 22.8 Å². The molecule has 1 aliphatic heterocycles. The van der Waals surface area contributed by atoms with Crippen LogP contribution in [-0.4, -0.2) is 61.7 Å². The quantitative estimate of drug-likeness (QED) is 0.244. The monoisotopic (exact) mass is 639 g/mol. The molecule has 1 saturated heterocycles. The molecule has 3 aromatic rings. The number of carbonyl (C=O) groups is 1. The highest BCUT2D eigenvalue weighted by Crippen LogP contribution is 2.34. The second kappa shape index (κ2) is 12.0. The van der Waals surface area contributed by atoms with Crippen molar-refractivity contribution in [3.63, 3.8) is 0 Å². The molecule has 0 N–H and O–H groups in total. The van der Waals surface area contributed by atoms with Gasteiger partial charge >= 0.3 is 0 Å². The first kappa shape index (κ1) is 28.3. The minimum atomic E-state index is -0.694. The average molecular weight is 639 g/mol. The molecule has 1 aliphatic rings. The van der Waals surface area contributed by atoms with Crippen LogP contribution < -0.4 is 15.2 Å². The van der Waals surface area contributed by atoms with Gasteiger partial charge in [0.2, 0.25) is 0 Å². The zero-order chi connectivity index (χ0) is 27.6. The van der Waals surface area contributed by atoms with Gasteiger partial charge in [-0.05, 0) is 44.5 Å². The molecule has 204 valence electrons. The molecule has 1 amide bonds. The van der Waals surface area contributed by atoms with Gasteiger partial charge in [0.25, 0.3) is 5.91 Å². The van der Waals surface area contributed by atoms with E-state index in [0.29, 0.717) is 54.5 Å². The largest absolute Gasteiger partial charge is 0.440 e. The Morgan fingerprint density at radius 2 is 1.87 bits per heavy atom. The number of rotatable bonds is 8. The molecule has 0 saturated carbocycles. The summed E-state index contributed by atoms with van der Waals surface area (Å²) in [5, 5.41) is 0.281. The molecule has 1 unspecified atom stereocenters. The molecule has 1 aromatic heterocycles. The molecule has 4 rings (SSSR count). The Bertz CT molecular complexity index is 1360. The van der Waals surface area contributed by atoms with Gasteiger partial charge in [0.15, 0.2) is 11.3 Å². The van der Waals surface area contributed by atoms with Crippen LogP contribution in [0.25, 0.3) is 11.0 Å². The van der Waals surface area contributed by atoms with Gasteiger partial charge in [-0.3, -0.25) is 9.59 Å². The highest BCUT2D eigenvalue weighted by atomic mass is 127. The maximum atomic E-state index is 14.0. The topological polar surface area (TPSA) is 66.2 Å². The number of benzene rings is 2. The Morgan fingerprint density at radius 1 is 1.16 bits per heavy atom. The predicted molar refractivity (Wildman–Crippen MR) is 154 cm³/mol. The smallest absolute Gasteiger partial charge is 0.253 e. The summed E-state index contributed by atoms with van der Waals surface area (Å²) in [7, 11) is 3.44. The molecular weight excluding hydrogens is 607 g/mol. The van der Waals surface area contributed by atoms with Gasteiger partial charge < -0.3 is 23.9 Å². The van der Waals surface area contributed by atoms with E-state index in [1.807, 2.05) is 18.7 Å². The maximum Gasteiger partial charge on any atom is 0.253 e. The lowest BCUT2D eigenvalue weighted by Crippen LogP contribution is -2.41. The SMILES string of the molecule is CC(c1cc(C(=O)N(C)CCCI)cc2c(=O)cc(N3CCO[C@H](C)C3)oc12)N(C)c1cc(F)cc(F)c1. The van der Waals surface area contributed by atoms with Crippen molar-refractivity contribution >= 4 is 51.0 Å². The second-order valence-electron chi connectivity index (χ2n) is 9.70. The van der Waals surface area contributed by atoms with Crippen molar-refractivity contribution in [2.24, 2.45) is 0 Å². The summed E-state index contributed by atoms with van der Waals surface area (Å²) in [5.41, 5.74) is 1.32. The lowest BCUT2D eigenvalue weighted by atomic mass is 9.99. The minimum absolute atomic E-state index is 0.0183. The zero-order valence-electron chi connectivity index (χ0n) is 22.0. The molecule has 2 aromatic carbocycles. The molecule has 7 nitrogen and oxygen atoms in total. The summed E-state index contributed by atoms with van der Waals surface area (Å²) < 4.78 is 40.9. The van der Waals surface area contributed by atoms with E-state index in [1.165, 1.54) is 18.2 Å². The molecule has 1 fully saturated rings. The lowest BCUT2D eigenvalue weighted by molar-refractivity contribution is 0.0517. The number of ether oxygens (including phenoxy) is 1. The Kier molecular flexibility index (Phi) is 8.92. The minimum Gasteiger partial charge on any atom is -0.440 e. The average Bonchev–Trinajstić information content (AvgIpc) is 2.89. The van der Waals surface area contributed by atoms with Crippen LogP contribution in [-0.2, 0) is 4.74 Å². The van der Waals surface area contributed by atoms with E-state index in [2.05, 4.69) is 22.6 Å². The number of fused-ring (bicyclic) bond motifs is 1. The van der Waals surface area contributed by atoms with Crippen molar-refractivity contribution in [2.75, 3.05) is 54.6 Å². The maximum absolute atomic E-state index is 14.0. The van der Waals surface area contributed by atoms with Crippen LogP contribution in [0.5, 0.6) is 0 Å². The Hall–Kier alpha value is -2.73. The number of hydrogen-bond donors (Lipinski definition) is 0. The first-order valence-corrected chi connectivity index (χ1v) is 14.1. The van der Waals surface area contributed by atoms with Crippen molar-refractivity contribution in [3.8, 4) is 0 Å². The number of nitrogens with zero attached hydrogens (tertiary/aromatic N) is 3. The standard InChI is InChI=1S/C28H32F2IN3O4/c1-17-16-34(8-9-37-17)26-15-25(35)24-11-19(28(36)32(3)7-5-6-31)10-23(27(24)38-26)18(2)33(4)22-13-20(29)12-21(30)14-22/h10-15,17-18H,5-9,16H2,1-4H3/t17-,18?/m1/s1. The fraction of sp³-hybridized carbons (Fsp3) is 0.429. The number of alkyl halides is 1. The Labute approximate surface area is 234 Å². The van der Waals surface area contributed by atoms with E-state index in [1.54, 1.807) is 36.0 Å². The summed E-state index contributed by atoms with van der Waals surface area (Å²) in [5.74, 6) is -1.18. The normalized spacial score (nSPS) is 16.5. The molecule has 0 spiro atoms. The summed E-state index contributed by atoms with van der Waals surface area (Å²) in [6.07, 6.45) is 0.826. The Morgan fingerprint density at radius 3 is 2.53 bits per heavy atom. The highest BCUT2D eigenvalue weighted by molar-refractivity contribution is 14.1. The molecule has 2 heterocycles. The molecule has 10 heteroatoms. The van der Waals surface area contributed by atoms with Crippen molar-refractivity contribution in [2.45, 2.75) is 32.4 Å². The van der Waals surface area contributed by atoms with Gasteiger partial charge in [0.05, 0.1) is 24.1 Å². The highest BCUT2D eigenvalue weighted by Gasteiger charge is 2.25. The van der Waals surface area contributed by atoms with E-state index in [0.717, 1.165) is 16.9 Å². The van der Waals surface area contributed by atoms with Gasteiger partial charge in [-0.2, -0.15) is 0 Å². The van der Waals surface area contributed by atoms with Crippen LogP contribution >= 0.6 is 22.6 Å². The summed E-state index contributed by atoms with van der Waals surface area (Å²) in [4.78, 5) is 32.0. The van der Waals surface area contributed by atoms with E-state index >= 15 is 0 Å². The zero-order valence-corrected chi connectivity index (χ0v) is 24.1. The van der Waals surface area contributed by atoms with Gasteiger partial charge in [0.1, 0.15) is 17.2 Å². The second-order valence-corrected chi connectivity index (χ2v) is 10.8. The van der Waals surface area contributed by atoms with Gasteiger partial charge in [-0.25, -0.2) is 8.78 Å². The number of morpholine rings is 1. The Balaban J connectivity index is 1.86. The molecule has 2 atom stereocenters. The van der Waals surface area contributed by atoms with E-state index in [4.69, 9.17) is 9.15 Å².